The Morgan fingerprint density at radius 1 is 0.900 bits per heavy atom. The zero-order valence-electron chi connectivity index (χ0n) is 14.2. The minimum atomic E-state index is 0.239. The topological polar surface area (TPSA) is 17.1 Å². The molecule has 0 saturated carbocycles. The minimum absolute atomic E-state index is 0.239. The maximum Gasteiger partial charge on any atom is 0.159 e. The zero-order valence-corrected chi connectivity index (χ0v) is 14.2. The predicted molar refractivity (Wildman–Crippen MR) is 87.9 cm³/mol. The molecule has 1 rings (SSSR count). The Balaban J connectivity index is 2.85. The molecular formula is C19H34O. The van der Waals surface area contributed by atoms with Crippen LogP contribution in [0.15, 0.2) is 11.1 Å². The Morgan fingerprint density at radius 2 is 1.60 bits per heavy atom. The second-order valence-corrected chi connectivity index (χ2v) is 6.98. The van der Waals surface area contributed by atoms with E-state index < -0.39 is 0 Å². The van der Waals surface area contributed by atoms with Gasteiger partial charge >= 0.3 is 0 Å². The van der Waals surface area contributed by atoms with E-state index in [9.17, 15) is 4.79 Å². The van der Waals surface area contributed by atoms with Crippen molar-refractivity contribution in [3.63, 3.8) is 0 Å². The summed E-state index contributed by atoms with van der Waals surface area (Å²) in [7, 11) is 0. The van der Waals surface area contributed by atoms with Gasteiger partial charge in [-0.15, -0.1) is 0 Å². The number of carbonyl (C=O) groups excluding carboxylic acids is 1. The first-order valence-corrected chi connectivity index (χ1v) is 8.80. The van der Waals surface area contributed by atoms with Gasteiger partial charge < -0.3 is 0 Å². The Bertz CT molecular complexity index is 340. The fourth-order valence-electron chi connectivity index (χ4n) is 3.65. The summed E-state index contributed by atoms with van der Waals surface area (Å²) in [6.07, 6.45) is 12.7. The molecular weight excluding hydrogens is 244 g/mol. The van der Waals surface area contributed by atoms with E-state index in [4.69, 9.17) is 0 Å². The standard InChI is InChI=1S/C19H34O/c1-5-8-10-11-16-14-19(4,13-7-3)15-18(20)17(16)12-9-6-2/h5-15H2,1-4H3. The molecule has 20 heavy (non-hydrogen) atoms. The minimum Gasteiger partial charge on any atom is -0.295 e. The van der Waals surface area contributed by atoms with Gasteiger partial charge in [-0.05, 0) is 49.5 Å². The summed E-state index contributed by atoms with van der Waals surface area (Å²) < 4.78 is 0. The molecule has 0 bridgehead atoms. The van der Waals surface area contributed by atoms with Crippen LogP contribution in [0, 0.1) is 5.41 Å². The lowest BCUT2D eigenvalue weighted by molar-refractivity contribution is -0.118. The molecule has 1 atom stereocenters. The first-order valence-electron chi connectivity index (χ1n) is 8.80. The predicted octanol–water partition coefficient (Wildman–Crippen LogP) is 6.22. The summed E-state index contributed by atoms with van der Waals surface area (Å²) in [6.45, 7) is 9.03. The summed E-state index contributed by atoms with van der Waals surface area (Å²) >= 11 is 0. The van der Waals surface area contributed by atoms with Gasteiger partial charge in [0.15, 0.2) is 5.78 Å². The molecule has 0 saturated heterocycles. The molecule has 1 aliphatic carbocycles. The van der Waals surface area contributed by atoms with Crippen LogP contribution in [0.4, 0.5) is 0 Å². The fraction of sp³-hybridized carbons (Fsp3) is 0.842. The summed E-state index contributed by atoms with van der Waals surface area (Å²) in [6, 6.07) is 0. The molecule has 0 aromatic carbocycles. The highest BCUT2D eigenvalue weighted by Crippen LogP contribution is 2.43. The van der Waals surface area contributed by atoms with Gasteiger partial charge in [0.2, 0.25) is 0 Å². The van der Waals surface area contributed by atoms with Crippen molar-refractivity contribution in [3.05, 3.63) is 11.1 Å². The van der Waals surface area contributed by atoms with E-state index in [-0.39, 0.29) is 5.41 Å². The van der Waals surface area contributed by atoms with E-state index in [0.717, 1.165) is 19.3 Å². The molecule has 0 fully saturated rings. The van der Waals surface area contributed by atoms with Crippen LogP contribution in [0.1, 0.15) is 98.3 Å². The highest BCUT2D eigenvalue weighted by Gasteiger charge is 2.34. The van der Waals surface area contributed by atoms with E-state index >= 15 is 0 Å². The number of carbonyl (C=O) groups is 1. The number of rotatable bonds is 9. The average Bonchev–Trinajstić information content (AvgIpc) is 2.38. The van der Waals surface area contributed by atoms with E-state index in [2.05, 4.69) is 27.7 Å². The normalized spacial score (nSPS) is 23.5. The van der Waals surface area contributed by atoms with Crippen LogP contribution < -0.4 is 0 Å². The van der Waals surface area contributed by atoms with Crippen LogP contribution in [0.3, 0.4) is 0 Å². The molecule has 0 aliphatic heterocycles. The van der Waals surface area contributed by atoms with Crippen molar-refractivity contribution in [2.75, 3.05) is 0 Å². The molecule has 1 heteroatoms. The molecule has 0 N–H and O–H groups in total. The molecule has 1 unspecified atom stereocenters. The van der Waals surface area contributed by atoms with Gasteiger partial charge in [-0.25, -0.2) is 0 Å². The van der Waals surface area contributed by atoms with Crippen LogP contribution in [0.25, 0.3) is 0 Å². The summed E-state index contributed by atoms with van der Waals surface area (Å²) in [5.41, 5.74) is 2.97. The number of hydrogen-bond acceptors (Lipinski definition) is 1. The van der Waals surface area contributed by atoms with Gasteiger partial charge in [0.05, 0.1) is 0 Å². The molecule has 0 aromatic heterocycles. The third-order valence-electron chi connectivity index (χ3n) is 4.71. The van der Waals surface area contributed by atoms with E-state index in [1.165, 1.54) is 62.5 Å². The quantitative estimate of drug-likeness (QED) is 0.457. The highest BCUT2D eigenvalue weighted by molar-refractivity contribution is 5.97. The number of Topliss-reactive ketones (excluding diaryl/α,β-unsaturated/α-hetero) is 1. The molecule has 0 spiro atoms. The van der Waals surface area contributed by atoms with Crippen LogP contribution in [0.2, 0.25) is 0 Å². The Labute approximate surface area is 126 Å². The largest absolute Gasteiger partial charge is 0.295 e. The number of hydrogen-bond donors (Lipinski definition) is 0. The lowest BCUT2D eigenvalue weighted by Gasteiger charge is -2.36. The van der Waals surface area contributed by atoms with Gasteiger partial charge in [-0.3, -0.25) is 4.79 Å². The Kier molecular flexibility index (Phi) is 7.55. The van der Waals surface area contributed by atoms with Crippen molar-refractivity contribution in [2.24, 2.45) is 5.41 Å². The second-order valence-electron chi connectivity index (χ2n) is 6.98. The summed E-state index contributed by atoms with van der Waals surface area (Å²) in [5, 5.41) is 0. The van der Waals surface area contributed by atoms with Gasteiger partial charge in [0, 0.05) is 6.42 Å². The lowest BCUT2D eigenvalue weighted by atomic mass is 9.68. The van der Waals surface area contributed by atoms with Crippen LogP contribution in [0.5, 0.6) is 0 Å². The van der Waals surface area contributed by atoms with Crippen molar-refractivity contribution in [2.45, 2.75) is 98.3 Å². The van der Waals surface area contributed by atoms with Crippen LogP contribution >= 0.6 is 0 Å². The summed E-state index contributed by atoms with van der Waals surface area (Å²) in [5.74, 6) is 0.465. The maximum absolute atomic E-state index is 12.6. The van der Waals surface area contributed by atoms with Crippen molar-refractivity contribution < 1.29 is 4.79 Å². The molecule has 0 radical (unpaired) electrons. The third-order valence-corrected chi connectivity index (χ3v) is 4.71. The van der Waals surface area contributed by atoms with Crippen molar-refractivity contribution in [1.29, 1.82) is 0 Å². The van der Waals surface area contributed by atoms with Gasteiger partial charge in [-0.1, -0.05) is 59.0 Å². The molecule has 0 amide bonds. The average molecular weight is 278 g/mol. The first-order chi connectivity index (χ1) is 9.56. The number of unbranched alkanes of at least 4 members (excludes halogenated alkanes) is 3. The summed E-state index contributed by atoms with van der Waals surface area (Å²) in [4.78, 5) is 12.6. The SMILES string of the molecule is CCCCCC1=C(CCCC)C(=O)CC(C)(CCC)C1. The van der Waals surface area contributed by atoms with E-state index in [0.29, 0.717) is 5.78 Å². The van der Waals surface area contributed by atoms with Crippen LogP contribution in [-0.4, -0.2) is 5.78 Å². The monoisotopic (exact) mass is 278 g/mol. The third kappa shape index (κ3) is 5.07. The van der Waals surface area contributed by atoms with Gasteiger partial charge in [0.1, 0.15) is 0 Å². The van der Waals surface area contributed by atoms with Crippen molar-refractivity contribution in [1.82, 2.24) is 0 Å². The van der Waals surface area contributed by atoms with E-state index in [1.807, 2.05) is 0 Å². The van der Waals surface area contributed by atoms with Gasteiger partial charge in [-0.2, -0.15) is 0 Å². The Morgan fingerprint density at radius 3 is 2.20 bits per heavy atom. The first kappa shape index (κ1) is 17.5. The van der Waals surface area contributed by atoms with Gasteiger partial charge in [0.25, 0.3) is 0 Å². The Hall–Kier alpha value is -0.590. The number of allylic oxidation sites excluding steroid dienone is 2. The molecule has 0 heterocycles. The highest BCUT2D eigenvalue weighted by atomic mass is 16.1. The molecule has 1 aliphatic rings. The van der Waals surface area contributed by atoms with Crippen LogP contribution in [-0.2, 0) is 4.79 Å². The fourth-order valence-corrected chi connectivity index (χ4v) is 3.65. The van der Waals surface area contributed by atoms with E-state index in [1.54, 1.807) is 0 Å². The zero-order chi connectivity index (χ0) is 15.0. The smallest absolute Gasteiger partial charge is 0.159 e. The van der Waals surface area contributed by atoms with Crippen molar-refractivity contribution >= 4 is 5.78 Å². The number of ketones is 1. The molecule has 0 aromatic rings. The lowest BCUT2D eigenvalue weighted by Crippen LogP contribution is -2.28. The second kappa shape index (κ2) is 8.64. The molecule has 116 valence electrons. The van der Waals surface area contributed by atoms with Crippen molar-refractivity contribution in [3.8, 4) is 0 Å². The maximum atomic E-state index is 12.6. The molecule has 1 nitrogen and oxygen atoms in total.